The highest BCUT2D eigenvalue weighted by Crippen LogP contribution is 2.35. The van der Waals surface area contributed by atoms with Crippen LogP contribution in [-0.4, -0.2) is 7.11 Å². The van der Waals surface area contributed by atoms with E-state index in [-0.39, 0.29) is 6.04 Å². The van der Waals surface area contributed by atoms with E-state index in [0.717, 1.165) is 20.7 Å². The lowest BCUT2D eigenvalue weighted by molar-refractivity contribution is 0.414. The number of hydrogen-bond acceptors (Lipinski definition) is 3. The Kier molecular flexibility index (Phi) is 3.78. The normalized spacial score (nSPS) is 12.6. The molecule has 1 aromatic heterocycles. The van der Waals surface area contributed by atoms with Gasteiger partial charge in [-0.1, -0.05) is 40.2 Å². The molecule has 0 saturated heterocycles. The lowest BCUT2D eigenvalue weighted by Gasteiger charge is -2.13. The molecule has 3 aromatic rings. The van der Waals surface area contributed by atoms with E-state index >= 15 is 0 Å². The van der Waals surface area contributed by atoms with Crippen LogP contribution >= 0.6 is 27.3 Å². The highest BCUT2D eigenvalue weighted by Gasteiger charge is 2.15. The zero-order valence-electron chi connectivity index (χ0n) is 11.0. The van der Waals surface area contributed by atoms with Gasteiger partial charge >= 0.3 is 0 Å². The van der Waals surface area contributed by atoms with Gasteiger partial charge in [-0.15, -0.1) is 11.3 Å². The van der Waals surface area contributed by atoms with Crippen LogP contribution in [0.4, 0.5) is 0 Å². The molecule has 0 radical (unpaired) electrons. The van der Waals surface area contributed by atoms with E-state index in [1.165, 1.54) is 10.1 Å². The number of hydrogen-bond donors (Lipinski definition) is 1. The van der Waals surface area contributed by atoms with Crippen molar-refractivity contribution in [2.45, 2.75) is 6.04 Å². The van der Waals surface area contributed by atoms with Crippen molar-refractivity contribution < 1.29 is 4.74 Å². The average molecular weight is 348 g/mol. The molecule has 0 saturated carbocycles. The molecule has 2 aromatic carbocycles. The fourth-order valence-corrected chi connectivity index (χ4v) is 3.89. The van der Waals surface area contributed by atoms with E-state index in [9.17, 15) is 0 Å². The molecular formula is C16H14BrNOS. The Morgan fingerprint density at radius 1 is 1.15 bits per heavy atom. The molecule has 0 aliphatic heterocycles. The second kappa shape index (κ2) is 5.56. The van der Waals surface area contributed by atoms with Gasteiger partial charge in [-0.2, -0.15) is 0 Å². The van der Waals surface area contributed by atoms with Crippen molar-refractivity contribution in [2.75, 3.05) is 7.11 Å². The Balaban J connectivity index is 2.01. The predicted octanol–water partition coefficient (Wildman–Crippen LogP) is 4.72. The molecule has 0 amide bonds. The van der Waals surface area contributed by atoms with Gasteiger partial charge in [-0.05, 0) is 35.2 Å². The highest BCUT2D eigenvalue weighted by molar-refractivity contribution is 9.10. The molecule has 0 bridgehead atoms. The Morgan fingerprint density at radius 2 is 1.95 bits per heavy atom. The first-order valence-electron chi connectivity index (χ1n) is 6.26. The summed E-state index contributed by atoms with van der Waals surface area (Å²) in [5.41, 5.74) is 7.48. The van der Waals surface area contributed by atoms with Crippen molar-refractivity contribution >= 4 is 37.4 Å². The van der Waals surface area contributed by atoms with E-state index in [0.29, 0.717) is 0 Å². The van der Waals surface area contributed by atoms with Gasteiger partial charge in [0.05, 0.1) is 13.2 Å². The summed E-state index contributed by atoms with van der Waals surface area (Å²) in [6.07, 6.45) is 0. The molecule has 20 heavy (non-hydrogen) atoms. The van der Waals surface area contributed by atoms with Crippen molar-refractivity contribution in [1.82, 2.24) is 0 Å². The Labute approximate surface area is 130 Å². The van der Waals surface area contributed by atoms with Gasteiger partial charge in [-0.25, -0.2) is 0 Å². The van der Waals surface area contributed by atoms with E-state index in [4.69, 9.17) is 10.5 Å². The van der Waals surface area contributed by atoms with Crippen molar-refractivity contribution in [2.24, 2.45) is 5.73 Å². The molecule has 1 atom stereocenters. The van der Waals surface area contributed by atoms with E-state index in [1.54, 1.807) is 18.4 Å². The number of methoxy groups -OCH3 is 1. The maximum Gasteiger partial charge on any atom is 0.120 e. The predicted molar refractivity (Wildman–Crippen MR) is 88.5 cm³/mol. The topological polar surface area (TPSA) is 35.2 Å². The first-order chi connectivity index (χ1) is 9.69. The first kappa shape index (κ1) is 13.6. The number of halogens is 1. The number of thiophene rings is 1. The lowest BCUT2D eigenvalue weighted by Crippen LogP contribution is -2.10. The van der Waals surface area contributed by atoms with Gasteiger partial charge in [0.1, 0.15) is 5.75 Å². The monoisotopic (exact) mass is 347 g/mol. The minimum absolute atomic E-state index is 0.132. The number of benzene rings is 2. The number of fused-ring (bicyclic) bond motifs is 1. The Bertz CT molecular complexity index is 720. The average Bonchev–Trinajstić information content (AvgIpc) is 2.90. The van der Waals surface area contributed by atoms with Crippen LogP contribution in [0.5, 0.6) is 5.75 Å². The molecule has 0 fully saturated rings. The van der Waals surface area contributed by atoms with E-state index < -0.39 is 0 Å². The smallest absolute Gasteiger partial charge is 0.120 e. The second-order valence-electron chi connectivity index (χ2n) is 4.55. The van der Waals surface area contributed by atoms with Gasteiger partial charge in [0.2, 0.25) is 0 Å². The van der Waals surface area contributed by atoms with Crippen LogP contribution in [-0.2, 0) is 0 Å². The van der Waals surface area contributed by atoms with E-state index in [1.807, 2.05) is 24.3 Å². The summed E-state index contributed by atoms with van der Waals surface area (Å²) in [5.74, 6) is 0.823. The molecule has 4 heteroatoms. The molecule has 0 spiro atoms. The van der Waals surface area contributed by atoms with Gasteiger partial charge in [-0.3, -0.25) is 0 Å². The first-order valence-corrected chi connectivity index (χ1v) is 7.87. The van der Waals surface area contributed by atoms with Crippen LogP contribution in [0, 0.1) is 0 Å². The number of ether oxygens (including phenoxy) is 1. The Hall–Kier alpha value is -1.36. The highest BCUT2D eigenvalue weighted by atomic mass is 79.9. The largest absolute Gasteiger partial charge is 0.497 e. The van der Waals surface area contributed by atoms with Crippen molar-refractivity contribution in [3.05, 3.63) is 63.4 Å². The number of nitrogens with two attached hydrogens (primary N) is 1. The quantitative estimate of drug-likeness (QED) is 0.743. The molecule has 1 heterocycles. The third-order valence-electron chi connectivity index (χ3n) is 3.29. The zero-order valence-corrected chi connectivity index (χ0v) is 13.4. The molecule has 102 valence electrons. The summed E-state index contributed by atoms with van der Waals surface area (Å²) >= 11 is 5.32. The SMILES string of the molecule is COc1ccc(C(N)c2cc3ccccc3s2)c(Br)c1. The molecule has 0 aliphatic carbocycles. The molecule has 3 rings (SSSR count). The van der Waals surface area contributed by atoms with Crippen LogP contribution in [0.15, 0.2) is 53.0 Å². The summed E-state index contributed by atoms with van der Waals surface area (Å²) in [5, 5.41) is 1.24. The summed E-state index contributed by atoms with van der Waals surface area (Å²) in [6, 6.07) is 16.3. The van der Waals surface area contributed by atoms with Crippen LogP contribution in [0.1, 0.15) is 16.5 Å². The Morgan fingerprint density at radius 3 is 2.65 bits per heavy atom. The maximum atomic E-state index is 6.41. The summed E-state index contributed by atoms with van der Waals surface area (Å²) in [4.78, 5) is 1.16. The van der Waals surface area contributed by atoms with Gasteiger partial charge in [0.15, 0.2) is 0 Å². The van der Waals surface area contributed by atoms with Crippen LogP contribution in [0.2, 0.25) is 0 Å². The molecule has 2 nitrogen and oxygen atoms in total. The van der Waals surface area contributed by atoms with Crippen LogP contribution in [0.25, 0.3) is 10.1 Å². The fraction of sp³-hybridized carbons (Fsp3) is 0.125. The van der Waals surface area contributed by atoms with Gasteiger partial charge in [0, 0.05) is 14.0 Å². The minimum Gasteiger partial charge on any atom is -0.497 e. The van der Waals surface area contributed by atoms with E-state index in [2.05, 4.69) is 40.2 Å². The van der Waals surface area contributed by atoms with Crippen molar-refractivity contribution in [3.63, 3.8) is 0 Å². The van der Waals surface area contributed by atoms with Crippen molar-refractivity contribution in [3.8, 4) is 5.75 Å². The molecule has 2 N–H and O–H groups in total. The van der Waals surface area contributed by atoms with Crippen molar-refractivity contribution in [1.29, 1.82) is 0 Å². The summed E-state index contributed by atoms with van der Waals surface area (Å²) in [6.45, 7) is 0. The maximum absolute atomic E-state index is 6.41. The molecule has 1 unspecified atom stereocenters. The lowest BCUT2D eigenvalue weighted by atomic mass is 10.1. The van der Waals surface area contributed by atoms with Crippen LogP contribution in [0.3, 0.4) is 0 Å². The fourth-order valence-electron chi connectivity index (χ4n) is 2.20. The van der Waals surface area contributed by atoms with Gasteiger partial charge in [0.25, 0.3) is 0 Å². The zero-order chi connectivity index (χ0) is 14.1. The third-order valence-corrected chi connectivity index (χ3v) is 5.18. The third kappa shape index (κ3) is 2.46. The second-order valence-corrected chi connectivity index (χ2v) is 6.52. The van der Waals surface area contributed by atoms with Gasteiger partial charge < -0.3 is 10.5 Å². The number of rotatable bonds is 3. The summed E-state index contributed by atoms with van der Waals surface area (Å²) < 4.78 is 7.46. The van der Waals surface area contributed by atoms with Crippen LogP contribution < -0.4 is 10.5 Å². The molecular weight excluding hydrogens is 334 g/mol. The molecule has 0 aliphatic rings. The standard InChI is InChI=1S/C16H14BrNOS/c1-19-11-6-7-12(13(17)9-11)16(18)15-8-10-4-2-3-5-14(10)20-15/h2-9,16H,18H2,1H3. The summed E-state index contributed by atoms with van der Waals surface area (Å²) in [7, 11) is 1.66. The minimum atomic E-state index is -0.132.